The number of fused-ring (bicyclic) bond motifs is 2. The molecule has 1 saturated heterocycles. The molecule has 1 aromatic heterocycles. The Morgan fingerprint density at radius 3 is 2.83 bits per heavy atom. The number of hydrogen-bond acceptors (Lipinski definition) is 5. The summed E-state index contributed by atoms with van der Waals surface area (Å²) in [5, 5.41) is 9.22. The summed E-state index contributed by atoms with van der Waals surface area (Å²) in [6.07, 6.45) is 2.17. The maximum absolute atomic E-state index is 12.1. The van der Waals surface area contributed by atoms with Crippen LogP contribution in [0, 0.1) is 0 Å². The smallest absolute Gasteiger partial charge is 0.345 e. The minimum atomic E-state index is -0.885. The van der Waals surface area contributed by atoms with Crippen LogP contribution in [-0.2, 0) is 26.3 Å². The number of carbonyl (C=O) groups excluding carboxylic acids is 1. The topological polar surface area (TPSA) is 76.1 Å². The van der Waals surface area contributed by atoms with Crippen LogP contribution in [-0.4, -0.2) is 54.8 Å². The molecule has 23 heavy (non-hydrogen) atoms. The van der Waals surface area contributed by atoms with Crippen LogP contribution in [0.25, 0.3) is 0 Å². The zero-order valence-corrected chi connectivity index (χ0v) is 14.0. The Morgan fingerprint density at radius 2 is 2.17 bits per heavy atom. The highest BCUT2D eigenvalue weighted by molar-refractivity contribution is 7.14. The first-order valence-corrected chi connectivity index (χ1v) is 8.73. The largest absolute Gasteiger partial charge is 0.477 e. The summed E-state index contributed by atoms with van der Waals surface area (Å²) >= 11 is 1.35. The molecule has 1 fully saturated rings. The highest BCUT2D eigenvalue weighted by atomic mass is 32.1. The normalized spacial score (nSPS) is 19.6. The van der Waals surface area contributed by atoms with Gasteiger partial charge in [0.05, 0.1) is 12.2 Å². The fourth-order valence-electron chi connectivity index (χ4n) is 3.33. The molecule has 1 aromatic rings. The first-order chi connectivity index (χ1) is 11.1. The highest BCUT2D eigenvalue weighted by Gasteiger charge is 2.43. The molecule has 0 aliphatic carbocycles. The Balaban J connectivity index is 1.74. The van der Waals surface area contributed by atoms with Gasteiger partial charge in [-0.2, -0.15) is 0 Å². The summed E-state index contributed by atoms with van der Waals surface area (Å²) in [5.74, 6) is -0.877. The first kappa shape index (κ1) is 16.4. The Labute approximate surface area is 139 Å². The average Bonchev–Trinajstić information content (AvgIpc) is 3.00. The summed E-state index contributed by atoms with van der Waals surface area (Å²) in [7, 11) is 0. The molecule has 3 rings (SSSR count). The predicted octanol–water partition coefficient (Wildman–Crippen LogP) is 1.87. The van der Waals surface area contributed by atoms with E-state index in [1.807, 2.05) is 11.8 Å². The van der Waals surface area contributed by atoms with Crippen LogP contribution in [0.15, 0.2) is 6.07 Å². The molecule has 0 atom stereocenters. The van der Waals surface area contributed by atoms with E-state index in [1.54, 1.807) is 6.07 Å². The zero-order chi connectivity index (χ0) is 16.4. The second kappa shape index (κ2) is 6.59. The van der Waals surface area contributed by atoms with E-state index in [1.165, 1.54) is 11.3 Å². The fraction of sp³-hybridized carbons (Fsp3) is 0.625. The third kappa shape index (κ3) is 3.13. The molecule has 0 unspecified atom stereocenters. The van der Waals surface area contributed by atoms with Crippen molar-refractivity contribution in [2.75, 3.05) is 32.9 Å². The second-order valence-electron chi connectivity index (χ2n) is 5.86. The summed E-state index contributed by atoms with van der Waals surface area (Å²) in [4.78, 5) is 26.6. The van der Waals surface area contributed by atoms with Gasteiger partial charge in [-0.25, -0.2) is 4.79 Å². The van der Waals surface area contributed by atoms with Crippen LogP contribution >= 0.6 is 11.3 Å². The Bertz CT molecular complexity index is 604. The summed E-state index contributed by atoms with van der Waals surface area (Å²) in [5.41, 5.74) is 0.586. The van der Waals surface area contributed by atoms with Gasteiger partial charge in [0.25, 0.3) is 0 Å². The van der Waals surface area contributed by atoms with Gasteiger partial charge in [-0.3, -0.25) is 4.79 Å². The molecule has 0 aromatic carbocycles. The molecule has 1 spiro atoms. The van der Waals surface area contributed by atoms with E-state index in [-0.39, 0.29) is 12.5 Å². The number of aromatic carboxylic acids is 1. The number of ether oxygens (including phenoxy) is 2. The summed E-state index contributed by atoms with van der Waals surface area (Å²) in [6.45, 7) is 4.36. The van der Waals surface area contributed by atoms with Gasteiger partial charge < -0.3 is 19.5 Å². The van der Waals surface area contributed by atoms with E-state index in [9.17, 15) is 14.7 Å². The number of carboxylic acid groups (broad SMARTS) is 1. The van der Waals surface area contributed by atoms with Crippen molar-refractivity contribution in [1.29, 1.82) is 0 Å². The average molecular weight is 339 g/mol. The van der Waals surface area contributed by atoms with Gasteiger partial charge in [-0.1, -0.05) is 0 Å². The Morgan fingerprint density at radius 1 is 1.43 bits per heavy atom. The van der Waals surface area contributed by atoms with Crippen molar-refractivity contribution in [2.45, 2.75) is 31.8 Å². The highest BCUT2D eigenvalue weighted by Crippen LogP contribution is 2.44. The lowest BCUT2D eigenvalue weighted by molar-refractivity contribution is -0.144. The lowest BCUT2D eigenvalue weighted by Crippen LogP contribution is -2.48. The van der Waals surface area contributed by atoms with Crippen LogP contribution in [0.2, 0.25) is 0 Å². The van der Waals surface area contributed by atoms with E-state index >= 15 is 0 Å². The number of amides is 1. The third-order valence-corrected chi connectivity index (χ3v) is 5.75. The maximum atomic E-state index is 12.1. The van der Waals surface area contributed by atoms with E-state index in [4.69, 9.17) is 9.47 Å². The van der Waals surface area contributed by atoms with Gasteiger partial charge in [0.1, 0.15) is 11.5 Å². The lowest BCUT2D eigenvalue weighted by Gasteiger charge is -2.44. The van der Waals surface area contributed by atoms with Gasteiger partial charge in [-0.15, -0.1) is 11.3 Å². The number of carbonyl (C=O) groups is 2. The molecule has 1 N–H and O–H groups in total. The van der Waals surface area contributed by atoms with E-state index in [0.29, 0.717) is 44.0 Å². The first-order valence-electron chi connectivity index (χ1n) is 7.91. The fourth-order valence-corrected chi connectivity index (χ4v) is 4.40. The minimum Gasteiger partial charge on any atom is -0.477 e. The number of carboxylic acids is 1. The molecule has 0 bridgehead atoms. The molecule has 126 valence electrons. The molecular weight excluding hydrogens is 318 g/mol. The number of piperidine rings is 1. The molecule has 0 saturated carbocycles. The molecule has 6 nitrogen and oxygen atoms in total. The van der Waals surface area contributed by atoms with E-state index in [2.05, 4.69) is 0 Å². The van der Waals surface area contributed by atoms with Crippen molar-refractivity contribution in [1.82, 2.24) is 4.90 Å². The van der Waals surface area contributed by atoms with Crippen molar-refractivity contribution in [3.63, 3.8) is 0 Å². The minimum absolute atomic E-state index is 0.00859. The standard InChI is InChI=1S/C16H21NO5S/c1-2-21-10-14(18)17-6-4-16(5-7-17)11-9-13(15(19)20)23-12(11)3-8-22-16/h9H,2-8,10H2,1H3,(H,19,20). The van der Waals surface area contributed by atoms with Crippen molar-refractivity contribution >= 4 is 23.2 Å². The monoisotopic (exact) mass is 339 g/mol. The van der Waals surface area contributed by atoms with Gasteiger partial charge in [0.2, 0.25) is 5.91 Å². The van der Waals surface area contributed by atoms with Crippen molar-refractivity contribution < 1.29 is 24.2 Å². The molecule has 1 amide bonds. The molecule has 2 aliphatic rings. The third-order valence-electron chi connectivity index (χ3n) is 4.57. The number of thiophene rings is 1. The van der Waals surface area contributed by atoms with Gasteiger partial charge in [0, 0.05) is 31.0 Å². The van der Waals surface area contributed by atoms with Crippen molar-refractivity contribution in [3.8, 4) is 0 Å². The maximum Gasteiger partial charge on any atom is 0.345 e. The number of likely N-dealkylation sites (tertiary alicyclic amines) is 1. The predicted molar refractivity (Wildman–Crippen MR) is 84.9 cm³/mol. The SMILES string of the molecule is CCOCC(=O)N1CCC2(CC1)OCCc1sc(C(=O)O)cc12. The molecule has 3 heterocycles. The van der Waals surface area contributed by atoms with Crippen molar-refractivity contribution in [3.05, 3.63) is 21.4 Å². The van der Waals surface area contributed by atoms with E-state index < -0.39 is 11.6 Å². The molecule has 2 aliphatic heterocycles. The lowest BCUT2D eigenvalue weighted by atomic mass is 9.82. The van der Waals surface area contributed by atoms with Crippen LogP contribution in [0.4, 0.5) is 0 Å². The number of hydrogen-bond donors (Lipinski definition) is 1. The summed E-state index contributed by atoms with van der Waals surface area (Å²) in [6, 6.07) is 1.76. The van der Waals surface area contributed by atoms with Crippen LogP contribution in [0.5, 0.6) is 0 Å². The number of nitrogens with zero attached hydrogens (tertiary/aromatic N) is 1. The van der Waals surface area contributed by atoms with Crippen LogP contribution in [0.3, 0.4) is 0 Å². The van der Waals surface area contributed by atoms with Crippen LogP contribution < -0.4 is 0 Å². The Hall–Kier alpha value is -1.44. The number of rotatable bonds is 4. The quantitative estimate of drug-likeness (QED) is 0.906. The Kier molecular flexibility index (Phi) is 4.70. The molecule has 7 heteroatoms. The zero-order valence-electron chi connectivity index (χ0n) is 13.2. The van der Waals surface area contributed by atoms with Crippen LogP contribution in [0.1, 0.15) is 39.9 Å². The second-order valence-corrected chi connectivity index (χ2v) is 7.00. The van der Waals surface area contributed by atoms with Gasteiger partial charge in [-0.05, 0) is 31.4 Å². The molecular formula is C16H21NO5S. The molecule has 0 radical (unpaired) electrons. The summed E-state index contributed by atoms with van der Waals surface area (Å²) < 4.78 is 11.3. The van der Waals surface area contributed by atoms with Gasteiger partial charge in [0.15, 0.2) is 0 Å². The van der Waals surface area contributed by atoms with Gasteiger partial charge >= 0.3 is 5.97 Å². The van der Waals surface area contributed by atoms with E-state index in [0.717, 1.165) is 16.9 Å². The van der Waals surface area contributed by atoms with Crippen molar-refractivity contribution in [2.24, 2.45) is 0 Å².